The Morgan fingerprint density at radius 1 is 1.26 bits per heavy atom. The van der Waals surface area contributed by atoms with Crippen molar-refractivity contribution in [1.29, 1.82) is 0 Å². The van der Waals surface area contributed by atoms with E-state index in [0.717, 1.165) is 12.8 Å². The molecule has 0 aromatic heterocycles. The van der Waals surface area contributed by atoms with Crippen molar-refractivity contribution >= 4 is 11.9 Å². The molecule has 0 fully saturated rings. The number of methoxy groups -OCH3 is 1. The topological polar surface area (TPSA) is 76.1 Å². The van der Waals surface area contributed by atoms with Crippen LogP contribution in [0, 0.1) is 0 Å². The summed E-state index contributed by atoms with van der Waals surface area (Å²) < 4.78 is 10.9. The van der Waals surface area contributed by atoms with Crippen molar-refractivity contribution in [2.24, 2.45) is 0 Å². The molecular formula is C17H25NO5. The van der Waals surface area contributed by atoms with Crippen molar-refractivity contribution in [3.63, 3.8) is 0 Å². The van der Waals surface area contributed by atoms with Gasteiger partial charge in [-0.3, -0.25) is 4.79 Å². The number of amides is 1. The van der Waals surface area contributed by atoms with Crippen LogP contribution in [-0.4, -0.2) is 48.2 Å². The molecular weight excluding hydrogens is 298 g/mol. The second-order valence-corrected chi connectivity index (χ2v) is 5.80. The molecule has 0 aliphatic heterocycles. The molecule has 23 heavy (non-hydrogen) atoms. The van der Waals surface area contributed by atoms with Crippen molar-refractivity contribution in [2.45, 2.75) is 39.2 Å². The lowest BCUT2D eigenvalue weighted by molar-refractivity contribution is -0.147. The Bertz CT molecular complexity index is 568. The molecule has 0 spiro atoms. The van der Waals surface area contributed by atoms with Crippen molar-refractivity contribution in [2.75, 3.05) is 20.8 Å². The molecule has 1 aromatic rings. The van der Waals surface area contributed by atoms with Crippen LogP contribution in [0.3, 0.4) is 0 Å². The normalized spacial score (nSPS) is 11.0. The number of likely N-dealkylation sites (N-methyl/N-ethyl adjacent to an activating group) is 1. The lowest BCUT2D eigenvalue weighted by Crippen LogP contribution is -2.50. The van der Waals surface area contributed by atoms with Gasteiger partial charge >= 0.3 is 5.97 Å². The number of carboxylic acid groups (broad SMARTS) is 1. The smallest absolute Gasteiger partial charge is 0.329 e. The van der Waals surface area contributed by atoms with Gasteiger partial charge in [-0.25, -0.2) is 4.79 Å². The highest BCUT2D eigenvalue weighted by Crippen LogP contribution is 2.29. The first-order valence-electron chi connectivity index (χ1n) is 7.58. The molecule has 1 N–H and O–H groups in total. The number of carbonyl (C=O) groups is 2. The summed E-state index contributed by atoms with van der Waals surface area (Å²) in [7, 11) is 2.97. The van der Waals surface area contributed by atoms with Crippen molar-refractivity contribution < 1.29 is 24.2 Å². The van der Waals surface area contributed by atoms with Gasteiger partial charge in [-0.15, -0.1) is 0 Å². The maximum absolute atomic E-state index is 12.5. The van der Waals surface area contributed by atoms with E-state index in [0.29, 0.717) is 23.7 Å². The molecule has 1 aromatic carbocycles. The van der Waals surface area contributed by atoms with Crippen LogP contribution in [0.25, 0.3) is 0 Å². The molecule has 0 aliphatic rings. The van der Waals surface area contributed by atoms with Crippen LogP contribution < -0.4 is 9.47 Å². The lowest BCUT2D eigenvalue weighted by Gasteiger charge is -2.31. The van der Waals surface area contributed by atoms with E-state index < -0.39 is 17.4 Å². The quantitative estimate of drug-likeness (QED) is 0.745. The fraction of sp³-hybridized carbons (Fsp3) is 0.529. The van der Waals surface area contributed by atoms with Gasteiger partial charge < -0.3 is 19.5 Å². The van der Waals surface area contributed by atoms with Gasteiger partial charge in [0.15, 0.2) is 11.5 Å². The number of carboxylic acids is 1. The fourth-order valence-electron chi connectivity index (χ4n) is 1.84. The van der Waals surface area contributed by atoms with E-state index in [9.17, 15) is 14.7 Å². The van der Waals surface area contributed by atoms with Crippen LogP contribution in [0.15, 0.2) is 18.2 Å². The Morgan fingerprint density at radius 3 is 2.43 bits per heavy atom. The van der Waals surface area contributed by atoms with Gasteiger partial charge in [-0.05, 0) is 38.5 Å². The van der Waals surface area contributed by atoms with Crippen LogP contribution >= 0.6 is 0 Å². The van der Waals surface area contributed by atoms with E-state index in [4.69, 9.17) is 9.47 Å². The number of carbonyl (C=O) groups excluding carboxylic acids is 1. The number of ether oxygens (including phenoxy) is 2. The number of benzene rings is 1. The third-order valence-electron chi connectivity index (χ3n) is 3.83. The minimum atomic E-state index is -1.30. The zero-order chi connectivity index (χ0) is 17.6. The molecule has 0 aliphatic carbocycles. The first kappa shape index (κ1) is 18.8. The van der Waals surface area contributed by atoms with Crippen molar-refractivity contribution in [3.05, 3.63) is 23.8 Å². The van der Waals surface area contributed by atoms with Gasteiger partial charge in [0.05, 0.1) is 13.7 Å². The summed E-state index contributed by atoms with van der Waals surface area (Å²) in [6, 6.07) is 4.85. The van der Waals surface area contributed by atoms with Gasteiger partial charge in [-0.1, -0.05) is 13.3 Å². The van der Waals surface area contributed by atoms with E-state index in [1.807, 2.05) is 0 Å². The predicted octanol–water partition coefficient (Wildman–Crippen LogP) is 2.81. The molecule has 0 heterocycles. The minimum absolute atomic E-state index is 0.349. The zero-order valence-electron chi connectivity index (χ0n) is 14.4. The molecule has 6 nitrogen and oxygen atoms in total. The van der Waals surface area contributed by atoms with E-state index in [-0.39, 0.29) is 0 Å². The van der Waals surface area contributed by atoms with E-state index in [2.05, 4.69) is 6.92 Å². The summed E-state index contributed by atoms with van der Waals surface area (Å²) in [5.41, 5.74) is -0.956. The molecule has 0 atom stereocenters. The third kappa shape index (κ3) is 4.37. The number of unbranched alkanes of at least 4 members (excludes halogenated alkanes) is 1. The van der Waals surface area contributed by atoms with Crippen LogP contribution in [0.4, 0.5) is 0 Å². The van der Waals surface area contributed by atoms with Gasteiger partial charge in [0.2, 0.25) is 0 Å². The minimum Gasteiger partial charge on any atom is -0.493 e. The standard InChI is InChI=1S/C17H25NO5/c1-6-7-10-23-13-9-8-12(11-14(13)22-5)15(19)18(4)17(2,3)16(20)21/h8-9,11H,6-7,10H2,1-5H3,(H,20,21). The molecule has 1 rings (SSSR count). The number of hydrogen-bond donors (Lipinski definition) is 1. The largest absolute Gasteiger partial charge is 0.493 e. The second kappa shape index (κ2) is 7.85. The Kier molecular flexibility index (Phi) is 6.42. The summed E-state index contributed by atoms with van der Waals surface area (Å²) in [6.45, 7) is 5.61. The Labute approximate surface area is 137 Å². The summed E-state index contributed by atoms with van der Waals surface area (Å²) in [4.78, 5) is 25.0. The van der Waals surface area contributed by atoms with Gasteiger partial charge in [0.25, 0.3) is 5.91 Å². The van der Waals surface area contributed by atoms with E-state index in [1.165, 1.54) is 32.9 Å². The van der Waals surface area contributed by atoms with Crippen molar-refractivity contribution in [1.82, 2.24) is 4.90 Å². The second-order valence-electron chi connectivity index (χ2n) is 5.80. The third-order valence-corrected chi connectivity index (χ3v) is 3.83. The Balaban J connectivity index is 3.00. The molecule has 6 heteroatoms. The Morgan fingerprint density at radius 2 is 1.91 bits per heavy atom. The number of rotatable bonds is 8. The maximum Gasteiger partial charge on any atom is 0.329 e. The monoisotopic (exact) mass is 323 g/mol. The van der Waals surface area contributed by atoms with Gasteiger partial charge in [0.1, 0.15) is 5.54 Å². The SMILES string of the molecule is CCCCOc1ccc(C(=O)N(C)C(C)(C)C(=O)O)cc1OC. The molecule has 128 valence electrons. The first-order chi connectivity index (χ1) is 10.8. The average molecular weight is 323 g/mol. The highest BCUT2D eigenvalue weighted by atomic mass is 16.5. The van der Waals surface area contributed by atoms with Crippen LogP contribution in [0.2, 0.25) is 0 Å². The van der Waals surface area contributed by atoms with Crippen LogP contribution in [0.5, 0.6) is 11.5 Å². The van der Waals surface area contributed by atoms with Crippen molar-refractivity contribution in [3.8, 4) is 11.5 Å². The molecule has 1 amide bonds. The lowest BCUT2D eigenvalue weighted by atomic mass is 10.0. The highest BCUT2D eigenvalue weighted by Gasteiger charge is 2.35. The average Bonchev–Trinajstić information content (AvgIpc) is 2.53. The predicted molar refractivity (Wildman–Crippen MR) is 87.2 cm³/mol. The van der Waals surface area contributed by atoms with E-state index >= 15 is 0 Å². The van der Waals surface area contributed by atoms with Gasteiger partial charge in [0, 0.05) is 12.6 Å². The van der Waals surface area contributed by atoms with Crippen LogP contribution in [0.1, 0.15) is 44.0 Å². The highest BCUT2D eigenvalue weighted by molar-refractivity contribution is 5.98. The summed E-state index contributed by atoms with van der Waals surface area (Å²) in [5, 5.41) is 9.23. The number of aliphatic carboxylic acids is 1. The van der Waals surface area contributed by atoms with Gasteiger partial charge in [-0.2, -0.15) is 0 Å². The molecule has 0 bridgehead atoms. The summed E-state index contributed by atoms with van der Waals surface area (Å²) in [5.74, 6) is -0.443. The van der Waals surface area contributed by atoms with Crippen LogP contribution in [-0.2, 0) is 4.79 Å². The number of nitrogens with zero attached hydrogens (tertiary/aromatic N) is 1. The zero-order valence-corrected chi connectivity index (χ0v) is 14.4. The molecule has 0 radical (unpaired) electrons. The summed E-state index contributed by atoms with van der Waals surface area (Å²) >= 11 is 0. The molecule has 0 unspecified atom stereocenters. The maximum atomic E-state index is 12.5. The summed E-state index contributed by atoms with van der Waals surface area (Å²) in [6.07, 6.45) is 1.95. The first-order valence-corrected chi connectivity index (χ1v) is 7.58. The Hall–Kier alpha value is -2.24. The molecule has 0 saturated heterocycles. The van der Waals surface area contributed by atoms with E-state index in [1.54, 1.807) is 18.2 Å². The number of hydrogen-bond acceptors (Lipinski definition) is 4. The fourth-order valence-corrected chi connectivity index (χ4v) is 1.84. The molecule has 0 saturated carbocycles.